The van der Waals surface area contributed by atoms with Gasteiger partial charge in [0, 0.05) is 49.1 Å². The highest BCUT2D eigenvalue weighted by molar-refractivity contribution is 7.16. The average Bonchev–Trinajstić information content (AvgIpc) is 3.18. The largest absolute Gasteiger partial charge is 0.345 e. The molecule has 1 aliphatic carbocycles. The second kappa shape index (κ2) is 5.38. The monoisotopic (exact) mass is 320 g/mol. The molecule has 0 radical (unpaired) electrons. The molecule has 0 amide bonds. The van der Waals surface area contributed by atoms with Gasteiger partial charge in [0.2, 0.25) is 0 Å². The Labute approximate surface area is 131 Å². The SMILES string of the molecule is O=C1CCCc2sc(N3CCN(c4nccs4)CC3)nc21. The van der Waals surface area contributed by atoms with Crippen molar-refractivity contribution in [2.75, 3.05) is 36.0 Å². The second-order valence-corrected chi connectivity index (χ2v) is 7.27. The van der Waals surface area contributed by atoms with Gasteiger partial charge in [-0.3, -0.25) is 4.79 Å². The van der Waals surface area contributed by atoms with Gasteiger partial charge in [-0.2, -0.15) is 0 Å². The summed E-state index contributed by atoms with van der Waals surface area (Å²) >= 11 is 3.39. The van der Waals surface area contributed by atoms with Crippen LogP contribution < -0.4 is 9.80 Å². The van der Waals surface area contributed by atoms with Crippen molar-refractivity contribution < 1.29 is 4.79 Å². The third kappa shape index (κ3) is 2.44. The maximum atomic E-state index is 11.9. The number of rotatable bonds is 2. The predicted molar refractivity (Wildman–Crippen MR) is 85.9 cm³/mol. The summed E-state index contributed by atoms with van der Waals surface area (Å²) < 4.78 is 0. The average molecular weight is 320 g/mol. The Hall–Kier alpha value is -1.47. The zero-order chi connectivity index (χ0) is 14.2. The predicted octanol–water partition coefficient (Wildman–Crippen LogP) is 2.45. The van der Waals surface area contributed by atoms with Gasteiger partial charge in [-0.15, -0.1) is 22.7 Å². The minimum Gasteiger partial charge on any atom is -0.345 e. The van der Waals surface area contributed by atoms with Crippen LogP contribution in [0, 0.1) is 0 Å². The molecular formula is C14H16N4OS2. The number of hydrogen-bond donors (Lipinski definition) is 0. The van der Waals surface area contributed by atoms with Crippen molar-refractivity contribution in [2.24, 2.45) is 0 Å². The standard InChI is InChI=1S/C14H16N4OS2/c19-10-2-1-3-11-12(10)16-14(21-11)18-7-5-17(6-8-18)13-15-4-9-20-13/h4,9H,1-3,5-8H2. The molecule has 2 aromatic heterocycles. The number of aromatic nitrogens is 2. The van der Waals surface area contributed by atoms with Crippen LogP contribution in [0.3, 0.4) is 0 Å². The summed E-state index contributed by atoms with van der Waals surface area (Å²) in [5, 5.41) is 4.14. The van der Waals surface area contributed by atoms with E-state index in [-0.39, 0.29) is 5.78 Å². The van der Waals surface area contributed by atoms with E-state index in [1.807, 2.05) is 11.6 Å². The van der Waals surface area contributed by atoms with Crippen LogP contribution in [0.4, 0.5) is 10.3 Å². The zero-order valence-corrected chi connectivity index (χ0v) is 13.3. The van der Waals surface area contributed by atoms with Crippen LogP contribution in [-0.2, 0) is 6.42 Å². The molecule has 7 heteroatoms. The molecule has 0 aromatic carbocycles. The molecule has 1 fully saturated rings. The van der Waals surface area contributed by atoms with Crippen molar-refractivity contribution in [2.45, 2.75) is 19.3 Å². The molecule has 21 heavy (non-hydrogen) atoms. The van der Waals surface area contributed by atoms with Crippen LogP contribution in [0.2, 0.25) is 0 Å². The maximum absolute atomic E-state index is 11.9. The second-order valence-electron chi connectivity index (χ2n) is 5.33. The fourth-order valence-corrected chi connectivity index (χ4v) is 4.72. The van der Waals surface area contributed by atoms with E-state index in [1.165, 1.54) is 4.88 Å². The number of nitrogens with zero attached hydrogens (tertiary/aromatic N) is 4. The van der Waals surface area contributed by atoms with Crippen molar-refractivity contribution in [3.05, 3.63) is 22.1 Å². The van der Waals surface area contributed by atoms with Crippen molar-refractivity contribution >= 4 is 38.7 Å². The van der Waals surface area contributed by atoms with Crippen LogP contribution in [-0.4, -0.2) is 41.9 Å². The fraction of sp³-hybridized carbons (Fsp3) is 0.500. The van der Waals surface area contributed by atoms with Crippen molar-refractivity contribution in [3.8, 4) is 0 Å². The summed E-state index contributed by atoms with van der Waals surface area (Å²) in [5.74, 6) is 0.222. The molecule has 0 atom stereocenters. The maximum Gasteiger partial charge on any atom is 0.186 e. The minimum atomic E-state index is 0.222. The first kappa shape index (κ1) is 13.2. The van der Waals surface area contributed by atoms with E-state index in [2.05, 4.69) is 19.8 Å². The molecule has 5 nitrogen and oxygen atoms in total. The molecule has 3 heterocycles. The molecule has 0 unspecified atom stereocenters. The summed E-state index contributed by atoms with van der Waals surface area (Å²) in [6, 6.07) is 0. The van der Waals surface area contributed by atoms with E-state index in [9.17, 15) is 4.79 Å². The van der Waals surface area contributed by atoms with Crippen LogP contribution in [0.1, 0.15) is 28.2 Å². The number of carbonyl (C=O) groups is 1. The van der Waals surface area contributed by atoms with Gasteiger partial charge in [0.25, 0.3) is 0 Å². The lowest BCUT2D eigenvalue weighted by molar-refractivity contribution is 0.0968. The summed E-state index contributed by atoms with van der Waals surface area (Å²) in [7, 11) is 0. The summed E-state index contributed by atoms with van der Waals surface area (Å²) in [5.41, 5.74) is 0.739. The van der Waals surface area contributed by atoms with Gasteiger partial charge in [0.1, 0.15) is 5.69 Å². The van der Waals surface area contributed by atoms with Crippen LogP contribution in [0.15, 0.2) is 11.6 Å². The molecule has 0 bridgehead atoms. The Morgan fingerprint density at radius 3 is 2.48 bits per heavy atom. The highest BCUT2D eigenvalue weighted by Gasteiger charge is 2.26. The lowest BCUT2D eigenvalue weighted by Gasteiger charge is -2.34. The van der Waals surface area contributed by atoms with Gasteiger partial charge in [-0.05, 0) is 12.8 Å². The van der Waals surface area contributed by atoms with E-state index >= 15 is 0 Å². The molecule has 110 valence electrons. The number of thiazole rings is 2. The van der Waals surface area contributed by atoms with Crippen molar-refractivity contribution in [1.29, 1.82) is 0 Å². The van der Waals surface area contributed by atoms with Crippen molar-refractivity contribution in [3.63, 3.8) is 0 Å². The summed E-state index contributed by atoms with van der Waals surface area (Å²) in [4.78, 5) is 26.7. The van der Waals surface area contributed by atoms with Gasteiger partial charge >= 0.3 is 0 Å². The molecule has 1 aliphatic heterocycles. The summed E-state index contributed by atoms with van der Waals surface area (Å²) in [6.45, 7) is 3.82. The smallest absolute Gasteiger partial charge is 0.186 e. The number of aryl methyl sites for hydroxylation is 1. The first-order valence-corrected chi connectivity index (χ1v) is 8.93. The highest BCUT2D eigenvalue weighted by Crippen LogP contribution is 2.32. The molecule has 2 aromatic rings. The number of piperazine rings is 1. The quantitative estimate of drug-likeness (QED) is 0.850. The van der Waals surface area contributed by atoms with Gasteiger partial charge in [0.15, 0.2) is 16.0 Å². The van der Waals surface area contributed by atoms with Gasteiger partial charge in [0.05, 0.1) is 0 Å². The van der Waals surface area contributed by atoms with Crippen LogP contribution in [0.5, 0.6) is 0 Å². The summed E-state index contributed by atoms with van der Waals surface area (Å²) in [6.07, 6.45) is 4.50. The molecule has 0 N–H and O–H groups in total. The molecule has 2 aliphatic rings. The Morgan fingerprint density at radius 1 is 1.05 bits per heavy atom. The molecular weight excluding hydrogens is 304 g/mol. The first-order chi connectivity index (χ1) is 10.3. The third-order valence-electron chi connectivity index (χ3n) is 4.00. The third-order valence-corrected chi connectivity index (χ3v) is 6.01. The first-order valence-electron chi connectivity index (χ1n) is 7.23. The van der Waals surface area contributed by atoms with E-state index in [4.69, 9.17) is 0 Å². The topological polar surface area (TPSA) is 49.3 Å². The molecule has 0 spiro atoms. The van der Waals surface area contributed by atoms with E-state index in [0.717, 1.165) is 55.0 Å². The van der Waals surface area contributed by atoms with Crippen LogP contribution >= 0.6 is 22.7 Å². The number of carbonyl (C=O) groups excluding carboxylic acids is 1. The zero-order valence-electron chi connectivity index (χ0n) is 11.6. The number of hydrogen-bond acceptors (Lipinski definition) is 7. The lowest BCUT2D eigenvalue weighted by Crippen LogP contribution is -2.46. The van der Waals surface area contributed by atoms with E-state index in [0.29, 0.717) is 6.42 Å². The Kier molecular flexibility index (Phi) is 3.39. The normalized spacial score (nSPS) is 19.0. The number of fused-ring (bicyclic) bond motifs is 1. The molecule has 4 rings (SSSR count). The number of anilines is 2. The number of Topliss-reactive ketones (excluding diaryl/α,β-unsaturated/α-hetero) is 1. The van der Waals surface area contributed by atoms with Gasteiger partial charge in [-0.1, -0.05) is 0 Å². The van der Waals surface area contributed by atoms with Crippen LogP contribution in [0.25, 0.3) is 0 Å². The minimum absolute atomic E-state index is 0.222. The Balaban J connectivity index is 1.48. The highest BCUT2D eigenvalue weighted by atomic mass is 32.1. The van der Waals surface area contributed by atoms with Crippen molar-refractivity contribution in [1.82, 2.24) is 9.97 Å². The Bertz CT molecular complexity index is 644. The molecule has 0 saturated carbocycles. The van der Waals surface area contributed by atoms with E-state index in [1.54, 1.807) is 22.7 Å². The van der Waals surface area contributed by atoms with Gasteiger partial charge < -0.3 is 9.80 Å². The number of ketones is 1. The lowest BCUT2D eigenvalue weighted by atomic mass is 10.0. The Morgan fingerprint density at radius 2 is 1.81 bits per heavy atom. The van der Waals surface area contributed by atoms with Gasteiger partial charge in [-0.25, -0.2) is 9.97 Å². The van der Waals surface area contributed by atoms with E-state index < -0.39 is 0 Å². The molecule has 1 saturated heterocycles. The fourth-order valence-electron chi connectivity index (χ4n) is 2.85.